The van der Waals surface area contributed by atoms with Crippen molar-refractivity contribution in [1.29, 1.82) is 10.5 Å². The van der Waals surface area contributed by atoms with E-state index in [9.17, 15) is 15.2 Å². The van der Waals surface area contributed by atoms with E-state index in [-0.39, 0.29) is 38.2 Å². The van der Waals surface area contributed by atoms with Crippen molar-refractivity contribution in [2.24, 2.45) is 5.10 Å². The molecule has 0 bridgehead atoms. The van der Waals surface area contributed by atoms with E-state index in [2.05, 4.69) is 10.5 Å². The lowest BCUT2D eigenvalue weighted by Gasteiger charge is -2.05. The Morgan fingerprint density at radius 1 is 1.20 bits per heavy atom. The van der Waals surface area contributed by atoms with Gasteiger partial charge in [-0.2, -0.15) is 15.6 Å². The third-order valence-electron chi connectivity index (χ3n) is 3.02. The maximum Gasteiger partial charge on any atom is 0.295 e. The first-order valence-corrected chi connectivity index (χ1v) is 7.22. The van der Waals surface area contributed by atoms with Crippen molar-refractivity contribution in [1.82, 2.24) is 0 Å². The number of rotatable bonds is 4. The van der Waals surface area contributed by atoms with E-state index in [0.717, 1.165) is 18.3 Å². The maximum atomic E-state index is 11.1. The lowest BCUT2D eigenvalue weighted by molar-refractivity contribution is -0.384. The van der Waals surface area contributed by atoms with Gasteiger partial charge in [-0.3, -0.25) is 15.5 Å². The molecule has 2 aromatic rings. The molecule has 0 radical (unpaired) electrons. The third-order valence-corrected chi connectivity index (χ3v) is 3.53. The molecular formula is C15H7Cl2N5O3. The molecule has 2 N–H and O–H groups in total. The van der Waals surface area contributed by atoms with Gasteiger partial charge in [-0.05, 0) is 18.2 Å². The van der Waals surface area contributed by atoms with Crippen LogP contribution >= 0.6 is 23.2 Å². The van der Waals surface area contributed by atoms with Crippen LogP contribution in [0, 0.1) is 32.8 Å². The van der Waals surface area contributed by atoms with E-state index in [1.807, 2.05) is 0 Å². The molecule has 0 aromatic heterocycles. The monoisotopic (exact) mass is 375 g/mol. The molecule has 0 aliphatic carbocycles. The average molecular weight is 376 g/mol. The number of phenolic OH excluding ortho intramolecular Hbond substituents is 1. The molecule has 124 valence electrons. The Bertz CT molecular complexity index is 977. The minimum absolute atomic E-state index is 0.0186. The van der Waals surface area contributed by atoms with E-state index < -0.39 is 10.6 Å². The number of aromatic hydroxyl groups is 1. The van der Waals surface area contributed by atoms with Crippen molar-refractivity contribution < 1.29 is 10.0 Å². The first-order valence-electron chi connectivity index (χ1n) is 6.47. The summed E-state index contributed by atoms with van der Waals surface area (Å²) in [7, 11) is 0. The summed E-state index contributed by atoms with van der Waals surface area (Å²) in [5.41, 5.74) is 1.90. The van der Waals surface area contributed by atoms with Crippen LogP contribution in [-0.2, 0) is 0 Å². The van der Waals surface area contributed by atoms with E-state index >= 15 is 0 Å². The number of hydrazone groups is 1. The van der Waals surface area contributed by atoms with Crippen LogP contribution in [0.2, 0.25) is 10.0 Å². The fraction of sp³-hybridized carbons (Fsp3) is 0. The molecule has 10 heteroatoms. The molecule has 0 aliphatic heterocycles. The summed E-state index contributed by atoms with van der Waals surface area (Å²) >= 11 is 11.6. The zero-order valence-corrected chi connectivity index (χ0v) is 13.7. The molecule has 25 heavy (non-hydrogen) atoms. The summed E-state index contributed by atoms with van der Waals surface area (Å²) in [6.07, 6.45) is 1.15. The normalized spacial score (nSPS) is 10.2. The minimum atomic E-state index is -0.715. The van der Waals surface area contributed by atoms with E-state index in [0.29, 0.717) is 0 Å². The van der Waals surface area contributed by atoms with Gasteiger partial charge in [0.15, 0.2) is 0 Å². The van der Waals surface area contributed by atoms with Crippen LogP contribution in [0.4, 0.5) is 11.4 Å². The molecule has 0 atom stereocenters. The first kappa shape index (κ1) is 18.0. The molecule has 2 aromatic carbocycles. The number of halogens is 2. The number of nitrogens with one attached hydrogen (secondary N) is 1. The number of nitro benzene ring substituents is 1. The Labute approximate surface area is 151 Å². The smallest absolute Gasteiger partial charge is 0.295 e. The van der Waals surface area contributed by atoms with Crippen molar-refractivity contribution in [3.05, 3.63) is 61.1 Å². The molecule has 0 spiro atoms. The Morgan fingerprint density at radius 2 is 1.84 bits per heavy atom. The number of anilines is 1. The van der Waals surface area contributed by atoms with Crippen LogP contribution in [0.1, 0.15) is 16.7 Å². The lowest BCUT2D eigenvalue weighted by atomic mass is 10.1. The standard InChI is InChI=1S/C15H7Cl2N5O3/c16-11-1-10(15(23)12(17)4-11)7-20-21-13-2-8(5-18)9(6-19)3-14(13)22(24)25/h1-4,7,21,23H/b20-7+. The van der Waals surface area contributed by atoms with Crippen LogP contribution < -0.4 is 5.43 Å². The van der Waals surface area contributed by atoms with Gasteiger partial charge in [-0.25, -0.2) is 0 Å². The summed E-state index contributed by atoms with van der Waals surface area (Å²) in [6.45, 7) is 0. The predicted octanol–water partition coefficient (Wildman–Crippen LogP) is 3.80. The van der Waals surface area contributed by atoms with Crippen LogP contribution in [0.25, 0.3) is 0 Å². The fourth-order valence-corrected chi connectivity index (χ4v) is 2.38. The second-order valence-corrected chi connectivity index (χ2v) is 5.43. The summed E-state index contributed by atoms with van der Waals surface area (Å²) < 4.78 is 0. The van der Waals surface area contributed by atoms with Crippen molar-refractivity contribution in [2.45, 2.75) is 0 Å². The molecule has 0 fully saturated rings. The predicted molar refractivity (Wildman–Crippen MR) is 91.9 cm³/mol. The Morgan fingerprint density at radius 3 is 2.44 bits per heavy atom. The SMILES string of the molecule is N#Cc1cc(N/N=C/c2cc(Cl)cc(Cl)c2O)c([N+](=O)[O-])cc1C#N. The quantitative estimate of drug-likeness (QED) is 0.473. The number of nitrogens with zero attached hydrogens (tertiary/aromatic N) is 4. The highest BCUT2D eigenvalue weighted by Crippen LogP contribution is 2.31. The topological polar surface area (TPSA) is 135 Å². The number of nitro groups is 1. The number of nitriles is 2. The zero-order valence-electron chi connectivity index (χ0n) is 12.2. The van der Waals surface area contributed by atoms with E-state index in [4.69, 9.17) is 33.7 Å². The summed E-state index contributed by atoms with van der Waals surface area (Å²) in [4.78, 5) is 10.4. The molecule has 2 rings (SSSR count). The summed E-state index contributed by atoms with van der Waals surface area (Å²) in [5.74, 6) is -0.261. The van der Waals surface area contributed by atoms with Gasteiger partial charge in [0.25, 0.3) is 5.69 Å². The van der Waals surface area contributed by atoms with Gasteiger partial charge in [0.1, 0.15) is 23.6 Å². The van der Waals surface area contributed by atoms with Crippen molar-refractivity contribution in [3.8, 4) is 17.9 Å². The molecule has 0 amide bonds. The second kappa shape index (κ2) is 7.49. The van der Waals surface area contributed by atoms with Gasteiger partial charge in [0, 0.05) is 16.7 Å². The molecule has 8 nitrogen and oxygen atoms in total. The van der Waals surface area contributed by atoms with Gasteiger partial charge < -0.3 is 5.11 Å². The number of hydrogen-bond donors (Lipinski definition) is 2. The van der Waals surface area contributed by atoms with Gasteiger partial charge >= 0.3 is 0 Å². The summed E-state index contributed by atoms with van der Waals surface area (Å²) in [6, 6.07) is 8.33. The van der Waals surface area contributed by atoms with Crippen molar-refractivity contribution >= 4 is 40.8 Å². The molecule has 0 aliphatic rings. The van der Waals surface area contributed by atoms with Gasteiger partial charge in [-0.1, -0.05) is 23.2 Å². The Hall–Kier alpha value is -3.33. The van der Waals surface area contributed by atoms with Gasteiger partial charge in [0.2, 0.25) is 0 Å². The Kier molecular flexibility index (Phi) is 5.40. The van der Waals surface area contributed by atoms with Crippen LogP contribution in [0.3, 0.4) is 0 Å². The Balaban J connectivity index is 2.40. The number of hydrogen-bond acceptors (Lipinski definition) is 7. The first-order chi connectivity index (χ1) is 11.9. The molecule has 0 saturated heterocycles. The van der Waals surface area contributed by atoms with Crippen molar-refractivity contribution in [2.75, 3.05) is 5.43 Å². The summed E-state index contributed by atoms with van der Waals surface area (Å²) in [5, 5.41) is 42.9. The van der Waals surface area contributed by atoms with Crippen LogP contribution in [0.15, 0.2) is 29.4 Å². The number of benzene rings is 2. The van der Waals surface area contributed by atoms with E-state index in [1.165, 1.54) is 12.1 Å². The van der Waals surface area contributed by atoms with Gasteiger partial charge in [-0.15, -0.1) is 0 Å². The molecule has 0 unspecified atom stereocenters. The molecule has 0 heterocycles. The van der Waals surface area contributed by atoms with Crippen LogP contribution in [0.5, 0.6) is 5.75 Å². The van der Waals surface area contributed by atoms with Crippen molar-refractivity contribution in [3.63, 3.8) is 0 Å². The minimum Gasteiger partial charge on any atom is -0.506 e. The fourth-order valence-electron chi connectivity index (χ4n) is 1.87. The highest BCUT2D eigenvalue weighted by Gasteiger charge is 2.18. The van der Waals surface area contributed by atoms with Crippen LogP contribution in [-0.4, -0.2) is 16.2 Å². The number of phenols is 1. The highest BCUT2D eigenvalue weighted by molar-refractivity contribution is 6.36. The zero-order chi connectivity index (χ0) is 18.6. The molecule has 0 saturated carbocycles. The highest BCUT2D eigenvalue weighted by atomic mass is 35.5. The maximum absolute atomic E-state index is 11.1. The van der Waals surface area contributed by atoms with E-state index in [1.54, 1.807) is 12.1 Å². The molecular weight excluding hydrogens is 369 g/mol. The average Bonchev–Trinajstić information content (AvgIpc) is 2.58. The lowest BCUT2D eigenvalue weighted by Crippen LogP contribution is -1.99. The van der Waals surface area contributed by atoms with Gasteiger partial charge in [0.05, 0.1) is 27.3 Å². The largest absolute Gasteiger partial charge is 0.506 e. The third kappa shape index (κ3) is 3.96. The second-order valence-electron chi connectivity index (χ2n) is 4.59.